The molecule has 0 saturated carbocycles. The van der Waals surface area contributed by atoms with E-state index in [-0.39, 0.29) is 0 Å². The first-order valence-electron chi connectivity index (χ1n) is 3.92. The maximum atomic E-state index is 5.39. The van der Waals surface area contributed by atoms with Crippen molar-refractivity contribution in [2.75, 3.05) is 12.0 Å². The van der Waals surface area contributed by atoms with Crippen LogP contribution in [0.25, 0.3) is 10.9 Å². The molecule has 0 aliphatic carbocycles. The number of nitrogens with two attached hydrogens (primary N) is 1. The van der Waals surface area contributed by atoms with Crippen LogP contribution >= 0.6 is 0 Å². The molecule has 0 amide bonds. The third kappa shape index (κ3) is 1.04. The Morgan fingerprint density at radius 1 is 1.33 bits per heavy atom. The molecule has 1 heterocycles. The van der Waals surface area contributed by atoms with Crippen molar-refractivity contribution in [3.05, 3.63) is 30.5 Å². The number of fused-ring (bicyclic) bond motifs is 1. The van der Waals surface area contributed by atoms with E-state index in [1.54, 1.807) is 0 Å². The Labute approximate surface area is 70.6 Å². The highest BCUT2D eigenvalue weighted by Crippen LogP contribution is 2.21. The molecule has 0 fully saturated rings. The number of aromatic nitrogens is 1. The van der Waals surface area contributed by atoms with Gasteiger partial charge in [-0.05, 0) is 6.07 Å². The molecule has 2 aromatic rings. The van der Waals surface area contributed by atoms with Crippen LogP contribution in [0.1, 0.15) is 0 Å². The molecule has 62 valence electrons. The normalized spacial score (nSPS) is 10.4. The molecule has 0 spiro atoms. The van der Waals surface area contributed by atoms with Crippen LogP contribution < -0.4 is 11.1 Å². The van der Waals surface area contributed by atoms with Gasteiger partial charge in [0.1, 0.15) is 0 Å². The molecule has 1 aromatic carbocycles. The van der Waals surface area contributed by atoms with Crippen LogP contribution in [-0.2, 0) is 0 Å². The van der Waals surface area contributed by atoms with Gasteiger partial charge in [-0.25, -0.2) is 0 Å². The van der Waals surface area contributed by atoms with Gasteiger partial charge < -0.3 is 16.0 Å². The Morgan fingerprint density at radius 2 is 2.17 bits per heavy atom. The average molecular weight is 161 g/mol. The number of nitrogens with one attached hydrogen (secondary N) is 2. The minimum atomic E-state index is 0.460. The zero-order chi connectivity index (χ0) is 8.39. The van der Waals surface area contributed by atoms with Gasteiger partial charge in [-0.3, -0.25) is 0 Å². The minimum absolute atomic E-state index is 0.460. The lowest BCUT2D eigenvalue weighted by atomic mass is 10.2. The summed E-state index contributed by atoms with van der Waals surface area (Å²) in [5.74, 6) is 0. The fourth-order valence-corrected chi connectivity index (χ4v) is 1.33. The lowest BCUT2D eigenvalue weighted by molar-refractivity contribution is 1.15. The first-order chi connectivity index (χ1) is 5.92. The van der Waals surface area contributed by atoms with E-state index in [0.717, 1.165) is 11.2 Å². The van der Waals surface area contributed by atoms with Gasteiger partial charge in [-0.15, -0.1) is 0 Å². The van der Waals surface area contributed by atoms with Crippen LogP contribution in [0, 0.1) is 0 Å². The van der Waals surface area contributed by atoms with Gasteiger partial charge in [0.2, 0.25) is 0 Å². The highest BCUT2D eigenvalue weighted by Gasteiger charge is 1.99. The summed E-state index contributed by atoms with van der Waals surface area (Å²) in [4.78, 5) is 3.15. The Morgan fingerprint density at radius 3 is 3.00 bits per heavy atom. The van der Waals surface area contributed by atoms with Crippen molar-refractivity contribution in [1.29, 1.82) is 0 Å². The fourth-order valence-electron chi connectivity index (χ4n) is 1.33. The predicted molar refractivity (Wildman–Crippen MR) is 51.0 cm³/mol. The van der Waals surface area contributed by atoms with Gasteiger partial charge in [0.15, 0.2) is 0 Å². The molecule has 12 heavy (non-hydrogen) atoms. The molecule has 0 aliphatic rings. The van der Waals surface area contributed by atoms with Crippen molar-refractivity contribution >= 4 is 16.6 Å². The van der Waals surface area contributed by atoms with Crippen molar-refractivity contribution in [3.63, 3.8) is 0 Å². The predicted octanol–water partition coefficient (Wildman–Crippen LogP) is 1.50. The quantitative estimate of drug-likeness (QED) is 0.584. The first-order valence-corrected chi connectivity index (χ1v) is 3.92. The highest BCUT2D eigenvalue weighted by atomic mass is 15.0. The van der Waals surface area contributed by atoms with Gasteiger partial charge in [0.05, 0.1) is 12.4 Å². The zero-order valence-electron chi connectivity index (χ0n) is 6.67. The molecular weight excluding hydrogens is 150 g/mol. The maximum absolute atomic E-state index is 5.39. The summed E-state index contributed by atoms with van der Waals surface area (Å²) in [6, 6.07) is 8.11. The standard InChI is InChI=1S/C9H11N3/c10-6-12-9-5-11-8-4-2-1-3-7(8)9/h1-5,11-12H,6,10H2. The summed E-state index contributed by atoms with van der Waals surface area (Å²) in [7, 11) is 0. The van der Waals surface area contributed by atoms with Crippen LogP contribution in [0.4, 0.5) is 5.69 Å². The van der Waals surface area contributed by atoms with Gasteiger partial charge >= 0.3 is 0 Å². The molecule has 1 aromatic heterocycles. The van der Waals surface area contributed by atoms with Crippen LogP contribution in [0.15, 0.2) is 30.5 Å². The van der Waals surface area contributed by atoms with E-state index in [2.05, 4.69) is 16.4 Å². The molecule has 4 N–H and O–H groups in total. The smallest absolute Gasteiger partial charge is 0.0628 e. The van der Waals surface area contributed by atoms with E-state index < -0.39 is 0 Å². The number of benzene rings is 1. The van der Waals surface area contributed by atoms with Crippen molar-refractivity contribution in [2.45, 2.75) is 0 Å². The van der Waals surface area contributed by atoms with Crippen LogP contribution in [0.2, 0.25) is 0 Å². The second kappa shape index (κ2) is 2.87. The molecule has 3 heteroatoms. The zero-order valence-corrected chi connectivity index (χ0v) is 6.67. The van der Waals surface area contributed by atoms with E-state index in [0.29, 0.717) is 6.67 Å². The van der Waals surface area contributed by atoms with Gasteiger partial charge in [-0.2, -0.15) is 0 Å². The maximum Gasteiger partial charge on any atom is 0.0628 e. The molecule has 0 radical (unpaired) electrons. The van der Waals surface area contributed by atoms with Crippen molar-refractivity contribution in [3.8, 4) is 0 Å². The monoisotopic (exact) mass is 161 g/mol. The SMILES string of the molecule is NCNc1c[nH]c2ccccc12. The molecule has 0 aliphatic heterocycles. The minimum Gasteiger partial charge on any atom is -0.371 e. The van der Waals surface area contributed by atoms with E-state index >= 15 is 0 Å². The molecule has 0 unspecified atom stereocenters. The molecular formula is C9H11N3. The third-order valence-corrected chi connectivity index (χ3v) is 1.88. The summed E-state index contributed by atoms with van der Waals surface area (Å²) in [5.41, 5.74) is 7.58. The number of hydrogen-bond donors (Lipinski definition) is 3. The molecule has 0 atom stereocenters. The molecule has 2 rings (SSSR count). The van der Waals surface area contributed by atoms with Crippen LogP contribution in [-0.4, -0.2) is 11.7 Å². The summed E-state index contributed by atoms with van der Waals surface area (Å²) < 4.78 is 0. The summed E-state index contributed by atoms with van der Waals surface area (Å²) in [6.07, 6.45) is 1.93. The van der Waals surface area contributed by atoms with Crippen LogP contribution in [0.5, 0.6) is 0 Å². The summed E-state index contributed by atoms with van der Waals surface area (Å²) in [6.45, 7) is 0.460. The number of hydrogen-bond acceptors (Lipinski definition) is 2. The van der Waals surface area contributed by atoms with Crippen molar-refractivity contribution in [2.24, 2.45) is 5.73 Å². The molecule has 3 nitrogen and oxygen atoms in total. The Kier molecular flexibility index (Phi) is 1.72. The van der Waals surface area contributed by atoms with Gasteiger partial charge in [0.25, 0.3) is 0 Å². The summed E-state index contributed by atoms with van der Waals surface area (Å²) in [5, 5.41) is 4.26. The lowest BCUT2D eigenvalue weighted by Gasteiger charge is -1.98. The Bertz CT molecular complexity index is 378. The topological polar surface area (TPSA) is 53.8 Å². The second-order valence-corrected chi connectivity index (χ2v) is 2.63. The van der Waals surface area contributed by atoms with Crippen LogP contribution in [0.3, 0.4) is 0 Å². The number of aromatic amines is 1. The first kappa shape index (κ1) is 7.18. The number of para-hydroxylation sites is 1. The van der Waals surface area contributed by atoms with E-state index in [1.807, 2.05) is 24.4 Å². The third-order valence-electron chi connectivity index (χ3n) is 1.88. The number of H-pyrrole nitrogens is 1. The van der Waals surface area contributed by atoms with E-state index in [1.165, 1.54) is 5.39 Å². The second-order valence-electron chi connectivity index (χ2n) is 2.63. The summed E-state index contributed by atoms with van der Waals surface area (Å²) >= 11 is 0. The van der Waals surface area contributed by atoms with Gasteiger partial charge in [-0.1, -0.05) is 18.2 Å². The highest BCUT2D eigenvalue weighted by molar-refractivity contribution is 5.92. The Hall–Kier alpha value is -1.48. The lowest BCUT2D eigenvalue weighted by Crippen LogP contribution is -2.10. The average Bonchev–Trinajstić information content (AvgIpc) is 2.50. The molecule has 0 saturated heterocycles. The largest absolute Gasteiger partial charge is 0.371 e. The Balaban J connectivity index is 2.55. The van der Waals surface area contributed by atoms with Crippen molar-refractivity contribution < 1.29 is 0 Å². The van der Waals surface area contributed by atoms with Crippen molar-refractivity contribution in [1.82, 2.24) is 4.98 Å². The van der Waals surface area contributed by atoms with E-state index in [4.69, 9.17) is 5.73 Å². The fraction of sp³-hybridized carbons (Fsp3) is 0.111. The molecule has 0 bridgehead atoms. The van der Waals surface area contributed by atoms with E-state index in [9.17, 15) is 0 Å². The number of rotatable bonds is 2. The number of anilines is 1. The van der Waals surface area contributed by atoms with Gasteiger partial charge in [0, 0.05) is 17.1 Å².